The summed E-state index contributed by atoms with van der Waals surface area (Å²) in [6, 6.07) is 22.5. The van der Waals surface area contributed by atoms with Crippen molar-refractivity contribution < 1.29 is 23.4 Å². The van der Waals surface area contributed by atoms with Crippen molar-refractivity contribution in [1.29, 1.82) is 0 Å². The number of hydrogen-bond acceptors (Lipinski definition) is 6. The predicted molar refractivity (Wildman–Crippen MR) is 141 cm³/mol. The molecule has 0 aliphatic carbocycles. The van der Waals surface area contributed by atoms with E-state index in [-0.39, 0.29) is 6.61 Å². The highest BCUT2D eigenvalue weighted by molar-refractivity contribution is 5.85. The van der Waals surface area contributed by atoms with Gasteiger partial charge in [0.15, 0.2) is 6.10 Å². The second-order valence-corrected chi connectivity index (χ2v) is 9.50. The lowest BCUT2D eigenvalue weighted by atomic mass is 10.1. The number of aromatic nitrogens is 2. The van der Waals surface area contributed by atoms with Crippen LogP contribution < -0.4 is 10.1 Å². The molecule has 1 N–H and O–H groups in total. The van der Waals surface area contributed by atoms with Crippen LogP contribution in [0.1, 0.15) is 26.3 Å². The summed E-state index contributed by atoms with van der Waals surface area (Å²) in [5.41, 5.74) is 2.61. The van der Waals surface area contributed by atoms with E-state index >= 15 is 0 Å². The topological polar surface area (TPSA) is 82.6 Å². The second kappa shape index (κ2) is 11.8. The lowest BCUT2D eigenvalue weighted by Crippen LogP contribution is -2.27. The van der Waals surface area contributed by atoms with E-state index in [0.717, 1.165) is 16.5 Å². The molecule has 1 unspecified atom stereocenters. The number of hydrogen-bond donors (Lipinski definition) is 1. The maximum absolute atomic E-state index is 13.6. The SMILES string of the molecule is CC(C)(C)OC(=O)Nc1ccc(-c2ccc3ccc(OC(CF)COCc4ccccc4)cc3n2)cn1. The highest BCUT2D eigenvalue weighted by Crippen LogP contribution is 2.25. The molecule has 2 aromatic heterocycles. The van der Waals surface area contributed by atoms with Crippen LogP contribution in [0.5, 0.6) is 5.75 Å². The largest absolute Gasteiger partial charge is 0.485 e. The fourth-order valence-corrected chi connectivity index (χ4v) is 3.54. The zero-order valence-electron chi connectivity index (χ0n) is 21.1. The molecule has 0 aliphatic rings. The Labute approximate surface area is 215 Å². The van der Waals surface area contributed by atoms with E-state index in [1.807, 2.05) is 54.6 Å². The third-order valence-corrected chi connectivity index (χ3v) is 5.24. The van der Waals surface area contributed by atoms with E-state index in [4.69, 9.17) is 19.2 Å². The molecule has 2 aromatic carbocycles. The van der Waals surface area contributed by atoms with E-state index in [2.05, 4.69) is 10.3 Å². The number of carbonyl (C=O) groups excluding carboxylic acids is 1. The fraction of sp³-hybridized carbons (Fsp3) is 0.276. The van der Waals surface area contributed by atoms with Gasteiger partial charge in [0, 0.05) is 23.2 Å². The first kappa shape index (κ1) is 26.0. The highest BCUT2D eigenvalue weighted by Gasteiger charge is 2.17. The quantitative estimate of drug-likeness (QED) is 0.278. The molecule has 0 saturated carbocycles. The Bertz CT molecular complexity index is 1320. The first-order chi connectivity index (χ1) is 17.8. The Morgan fingerprint density at radius 2 is 1.81 bits per heavy atom. The van der Waals surface area contributed by atoms with Crippen molar-refractivity contribution in [3.8, 4) is 17.0 Å². The minimum atomic E-state index is -0.724. The van der Waals surface area contributed by atoms with Crippen LogP contribution in [0.25, 0.3) is 22.2 Å². The molecule has 0 aliphatic heterocycles. The van der Waals surface area contributed by atoms with Gasteiger partial charge >= 0.3 is 6.09 Å². The lowest BCUT2D eigenvalue weighted by Gasteiger charge is -2.19. The molecule has 4 rings (SSSR count). The summed E-state index contributed by atoms with van der Waals surface area (Å²) in [5, 5.41) is 3.53. The standard InChI is InChI=1S/C29H30FN3O4/c1-29(2,3)37-28(34)33-27-14-11-22(17-31-27)25-13-10-21-9-12-23(15-26(21)32-25)36-24(16-30)19-35-18-20-7-5-4-6-8-20/h4-15,17,24H,16,18-19H2,1-3H3,(H,31,33,34). The fourth-order valence-electron chi connectivity index (χ4n) is 3.54. The number of carbonyl (C=O) groups is 1. The van der Waals surface area contributed by atoms with Gasteiger partial charge in [0.1, 0.15) is 23.8 Å². The molecule has 8 heteroatoms. The zero-order valence-corrected chi connectivity index (χ0v) is 21.1. The van der Waals surface area contributed by atoms with Crippen molar-refractivity contribution in [3.63, 3.8) is 0 Å². The molecule has 0 fully saturated rings. The van der Waals surface area contributed by atoms with E-state index in [9.17, 15) is 9.18 Å². The number of nitrogens with zero attached hydrogens (tertiary/aromatic N) is 2. The van der Waals surface area contributed by atoms with Gasteiger partial charge in [-0.05, 0) is 56.7 Å². The van der Waals surface area contributed by atoms with E-state index in [1.165, 1.54) is 0 Å². The summed E-state index contributed by atoms with van der Waals surface area (Å²) >= 11 is 0. The van der Waals surface area contributed by atoms with E-state index in [1.54, 1.807) is 45.2 Å². The first-order valence-electron chi connectivity index (χ1n) is 12.0. The van der Waals surface area contributed by atoms with Gasteiger partial charge in [-0.25, -0.2) is 19.2 Å². The van der Waals surface area contributed by atoms with Crippen molar-refractivity contribution in [2.45, 2.75) is 39.1 Å². The summed E-state index contributed by atoms with van der Waals surface area (Å²) in [6.45, 7) is 5.24. The van der Waals surface area contributed by atoms with Crippen LogP contribution in [0.3, 0.4) is 0 Å². The van der Waals surface area contributed by atoms with Crippen LogP contribution in [0.15, 0.2) is 79.0 Å². The molecule has 4 aromatic rings. The van der Waals surface area contributed by atoms with Crippen LogP contribution in [-0.4, -0.2) is 41.0 Å². The van der Waals surface area contributed by atoms with E-state index < -0.39 is 24.5 Å². The van der Waals surface area contributed by atoms with Crippen LogP contribution in [0.4, 0.5) is 15.0 Å². The maximum Gasteiger partial charge on any atom is 0.413 e. The minimum absolute atomic E-state index is 0.131. The number of fused-ring (bicyclic) bond motifs is 1. The third-order valence-electron chi connectivity index (χ3n) is 5.24. The number of nitrogens with one attached hydrogen (secondary N) is 1. The van der Waals surface area contributed by atoms with Gasteiger partial charge in [-0.3, -0.25) is 5.32 Å². The molecule has 1 atom stereocenters. The van der Waals surface area contributed by atoms with Gasteiger partial charge in [-0.15, -0.1) is 0 Å². The zero-order chi connectivity index (χ0) is 26.3. The maximum atomic E-state index is 13.6. The molecule has 192 valence electrons. The summed E-state index contributed by atoms with van der Waals surface area (Å²) < 4.78 is 30.3. The smallest absolute Gasteiger partial charge is 0.413 e. The summed E-state index contributed by atoms with van der Waals surface area (Å²) in [6.07, 6.45) is 0.337. The normalized spacial score (nSPS) is 12.2. The van der Waals surface area contributed by atoms with Crippen molar-refractivity contribution in [2.24, 2.45) is 0 Å². The second-order valence-electron chi connectivity index (χ2n) is 9.50. The Hall–Kier alpha value is -4.04. The van der Waals surface area contributed by atoms with Gasteiger partial charge in [0.25, 0.3) is 0 Å². The molecule has 2 heterocycles. The lowest BCUT2D eigenvalue weighted by molar-refractivity contribution is 0.0298. The number of rotatable bonds is 9. The average molecular weight is 504 g/mol. The van der Waals surface area contributed by atoms with Gasteiger partial charge in [-0.1, -0.05) is 36.4 Å². The van der Waals surface area contributed by atoms with Crippen molar-refractivity contribution in [1.82, 2.24) is 9.97 Å². The molecule has 0 spiro atoms. The number of anilines is 1. The first-order valence-corrected chi connectivity index (χ1v) is 12.0. The van der Waals surface area contributed by atoms with Crippen LogP contribution in [-0.2, 0) is 16.1 Å². The van der Waals surface area contributed by atoms with Gasteiger partial charge in [-0.2, -0.15) is 0 Å². The van der Waals surface area contributed by atoms with Crippen LogP contribution >= 0.6 is 0 Å². The molecule has 37 heavy (non-hydrogen) atoms. The highest BCUT2D eigenvalue weighted by atomic mass is 19.1. The molecular formula is C29H30FN3O4. The Kier molecular flexibility index (Phi) is 8.30. The number of ether oxygens (including phenoxy) is 3. The molecule has 0 radical (unpaired) electrons. The van der Waals surface area contributed by atoms with Crippen LogP contribution in [0.2, 0.25) is 0 Å². The number of alkyl halides is 1. The van der Waals surface area contributed by atoms with Gasteiger partial charge in [0.05, 0.1) is 24.4 Å². The Balaban J connectivity index is 1.41. The molecule has 0 bridgehead atoms. The van der Waals surface area contributed by atoms with Crippen molar-refractivity contribution >= 4 is 22.8 Å². The van der Waals surface area contributed by atoms with E-state index in [0.29, 0.717) is 29.4 Å². The Morgan fingerprint density at radius 1 is 1.03 bits per heavy atom. The van der Waals surface area contributed by atoms with Crippen molar-refractivity contribution in [3.05, 3.63) is 84.6 Å². The predicted octanol–water partition coefficient (Wildman–Crippen LogP) is 6.58. The third kappa shape index (κ3) is 7.72. The van der Waals surface area contributed by atoms with Crippen LogP contribution in [0, 0.1) is 0 Å². The monoisotopic (exact) mass is 503 g/mol. The number of amides is 1. The molecule has 1 amide bonds. The average Bonchev–Trinajstić information content (AvgIpc) is 2.87. The minimum Gasteiger partial charge on any atom is -0.485 e. The number of benzene rings is 2. The summed E-state index contributed by atoms with van der Waals surface area (Å²) in [5.74, 6) is 0.888. The molecule has 7 nitrogen and oxygen atoms in total. The van der Waals surface area contributed by atoms with Gasteiger partial charge < -0.3 is 14.2 Å². The number of halogens is 1. The number of pyridine rings is 2. The Morgan fingerprint density at radius 3 is 2.51 bits per heavy atom. The van der Waals surface area contributed by atoms with Gasteiger partial charge in [0.2, 0.25) is 0 Å². The summed E-state index contributed by atoms with van der Waals surface area (Å²) in [4.78, 5) is 21.0. The van der Waals surface area contributed by atoms with Crippen molar-refractivity contribution in [2.75, 3.05) is 18.6 Å². The molecule has 0 saturated heterocycles. The summed E-state index contributed by atoms with van der Waals surface area (Å²) in [7, 11) is 0. The molecular weight excluding hydrogens is 473 g/mol.